The van der Waals surface area contributed by atoms with E-state index in [1.54, 1.807) is 30.3 Å². The first kappa shape index (κ1) is 15.2. The molecule has 0 amide bonds. The van der Waals surface area contributed by atoms with Crippen molar-refractivity contribution in [3.05, 3.63) is 33.3 Å². The van der Waals surface area contributed by atoms with Gasteiger partial charge >= 0.3 is 0 Å². The molecule has 21 heavy (non-hydrogen) atoms. The zero-order chi connectivity index (χ0) is 15.2. The molecule has 0 N–H and O–H groups in total. The van der Waals surface area contributed by atoms with Gasteiger partial charge in [0.1, 0.15) is 17.1 Å². The molecule has 1 aromatic heterocycles. The fourth-order valence-electron chi connectivity index (χ4n) is 1.32. The van der Waals surface area contributed by atoms with Crippen LogP contribution in [0.4, 0.5) is 0 Å². The van der Waals surface area contributed by atoms with Gasteiger partial charge in [-0.25, -0.2) is 0 Å². The Kier molecular flexibility index (Phi) is 5.07. The fraction of sp³-hybridized carbons (Fsp3) is 0.0833. The summed E-state index contributed by atoms with van der Waals surface area (Å²) in [6.07, 6.45) is 0. The highest BCUT2D eigenvalue weighted by Crippen LogP contribution is 2.29. The molecule has 0 radical (unpaired) electrons. The standard InChI is InChI=1S/C12H5Cl2N5OS/c13-8-1-7(2-9(14)3-8)12-18-17-11(21-12)6-20-19-10(4-15)5-16/h1-3H,6H2. The van der Waals surface area contributed by atoms with E-state index in [-0.39, 0.29) is 12.3 Å². The summed E-state index contributed by atoms with van der Waals surface area (Å²) in [6, 6.07) is 8.23. The normalized spacial score (nSPS) is 9.52. The summed E-state index contributed by atoms with van der Waals surface area (Å²) in [5, 5.41) is 30.4. The lowest BCUT2D eigenvalue weighted by Crippen LogP contribution is -1.92. The van der Waals surface area contributed by atoms with E-state index >= 15 is 0 Å². The van der Waals surface area contributed by atoms with Gasteiger partial charge in [0.2, 0.25) is 0 Å². The van der Waals surface area contributed by atoms with E-state index in [2.05, 4.69) is 15.4 Å². The molecule has 0 atom stereocenters. The van der Waals surface area contributed by atoms with Crippen LogP contribution in [0.2, 0.25) is 10.0 Å². The van der Waals surface area contributed by atoms with E-state index in [4.69, 9.17) is 38.6 Å². The molecular weight excluding hydrogens is 333 g/mol. The van der Waals surface area contributed by atoms with Gasteiger partial charge in [-0.1, -0.05) is 39.7 Å². The smallest absolute Gasteiger partial charge is 0.256 e. The Morgan fingerprint density at radius 2 is 1.86 bits per heavy atom. The summed E-state index contributed by atoms with van der Waals surface area (Å²) in [5.74, 6) is 0. The average Bonchev–Trinajstić information content (AvgIpc) is 2.91. The second-order valence-electron chi connectivity index (χ2n) is 3.60. The molecule has 0 aliphatic heterocycles. The Balaban J connectivity index is 2.10. The minimum Gasteiger partial charge on any atom is -0.387 e. The van der Waals surface area contributed by atoms with Gasteiger partial charge in [0.05, 0.1) is 0 Å². The van der Waals surface area contributed by atoms with Crippen LogP contribution in [0.1, 0.15) is 5.01 Å². The van der Waals surface area contributed by atoms with E-state index in [0.717, 1.165) is 5.56 Å². The Morgan fingerprint density at radius 1 is 1.19 bits per heavy atom. The van der Waals surface area contributed by atoms with Gasteiger partial charge in [-0.3, -0.25) is 0 Å². The quantitative estimate of drug-likeness (QED) is 0.629. The second kappa shape index (κ2) is 7.00. The van der Waals surface area contributed by atoms with Crippen molar-refractivity contribution in [3.8, 4) is 22.7 Å². The number of hydrogen-bond donors (Lipinski definition) is 0. The molecule has 0 aliphatic carbocycles. The molecule has 0 unspecified atom stereocenters. The molecule has 0 fully saturated rings. The van der Waals surface area contributed by atoms with Gasteiger partial charge in [-0.2, -0.15) is 10.5 Å². The number of rotatable bonds is 4. The molecule has 0 saturated heterocycles. The predicted octanol–water partition coefficient (Wildman–Crippen LogP) is 3.43. The van der Waals surface area contributed by atoms with E-state index in [0.29, 0.717) is 20.1 Å². The Bertz CT molecular complexity index is 738. The first-order chi connectivity index (χ1) is 10.1. The van der Waals surface area contributed by atoms with Crippen molar-refractivity contribution in [2.75, 3.05) is 0 Å². The van der Waals surface area contributed by atoms with Gasteiger partial charge < -0.3 is 4.84 Å². The molecule has 6 nitrogen and oxygen atoms in total. The Morgan fingerprint density at radius 3 is 2.48 bits per heavy atom. The lowest BCUT2D eigenvalue weighted by atomic mass is 10.2. The Labute approximate surface area is 133 Å². The maximum Gasteiger partial charge on any atom is 0.256 e. The maximum absolute atomic E-state index is 8.49. The minimum atomic E-state index is -0.360. The van der Waals surface area contributed by atoms with Gasteiger partial charge in [-0.05, 0) is 18.2 Å². The van der Waals surface area contributed by atoms with Gasteiger partial charge in [-0.15, -0.1) is 10.2 Å². The fourth-order valence-corrected chi connectivity index (χ4v) is 2.58. The highest BCUT2D eigenvalue weighted by Gasteiger charge is 2.09. The van der Waals surface area contributed by atoms with Crippen LogP contribution in [0, 0.1) is 22.7 Å². The third-order valence-electron chi connectivity index (χ3n) is 2.13. The molecule has 2 rings (SSSR count). The predicted molar refractivity (Wildman–Crippen MR) is 78.8 cm³/mol. The van der Waals surface area contributed by atoms with Crippen LogP contribution in [0.15, 0.2) is 23.4 Å². The first-order valence-corrected chi connectivity index (χ1v) is 6.98. The van der Waals surface area contributed by atoms with Crippen LogP contribution in [-0.2, 0) is 11.4 Å². The average molecular weight is 338 g/mol. The highest BCUT2D eigenvalue weighted by molar-refractivity contribution is 7.14. The van der Waals surface area contributed by atoms with Crippen molar-refractivity contribution in [3.63, 3.8) is 0 Å². The van der Waals surface area contributed by atoms with E-state index in [1.165, 1.54) is 11.3 Å². The van der Waals surface area contributed by atoms with Gasteiger partial charge in [0.25, 0.3) is 5.71 Å². The van der Waals surface area contributed by atoms with Crippen LogP contribution in [0.3, 0.4) is 0 Å². The summed E-state index contributed by atoms with van der Waals surface area (Å²) >= 11 is 13.1. The van der Waals surface area contributed by atoms with Crippen molar-refractivity contribution in [2.45, 2.75) is 6.61 Å². The molecule has 0 aliphatic rings. The highest BCUT2D eigenvalue weighted by atomic mass is 35.5. The summed E-state index contributed by atoms with van der Waals surface area (Å²) in [6.45, 7) is 0.0127. The number of nitrogens with zero attached hydrogens (tertiary/aromatic N) is 5. The molecule has 9 heteroatoms. The number of aromatic nitrogens is 2. The monoisotopic (exact) mass is 337 g/mol. The summed E-state index contributed by atoms with van der Waals surface area (Å²) in [7, 11) is 0. The zero-order valence-electron chi connectivity index (χ0n) is 10.2. The third kappa shape index (κ3) is 4.14. The lowest BCUT2D eigenvalue weighted by molar-refractivity contribution is 0.130. The van der Waals surface area contributed by atoms with Crippen LogP contribution in [0.5, 0.6) is 0 Å². The van der Waals surface area contributed by atoms with Crippen molar-refractivity contribution >= 4 is 40.3 Å². The minimum absolute atomic E-state index is 0.0127. The number of nitriles is 2. The summed E-state index contributed by atoms with van der Waals surface area (Å²) in [5.41, 5.74) is 0.385. The molecule has 1 heterocycles. The van der Waals surface area contributed by atoms with E-state index in [9.17, 15) is 0 Å². The largest absolute Gasteiger partial charge is 0.387 e. The number of benzene rings is 1. The SMILES string of the molecule is N#CC(C#N)=NOCc1nnc(-c2cc(Cl)cc(Cl)c2)s1. The van der Waals surface area contributed by atoms with Crippen LogP contribution < -0.4 is 0 Å². The molecule has 1 aromatic carbocycles. The van der Waals surface area contributed by atoms with Gasteiger partial charge in [0.15, 0.2) is 11.6 Å². The molecule has 0 saturated carbocycles. The zero-order valence-corrected chi connectivity index (χ0v) is 12.6. The second-order valence-corrected chi connectivity index (χ2v) is 5.53. The van der Waals surface area contributed by atoms with Crippen molar-refractivity contribution in [1.82, 2.24) is 10.2 Å². The van der Waals surface area contributed by atoms with Crippen molar-refractivity contribution < 1.29 is 4.84 Å². The van der Waals surface area contributed by atoms with Crippen molar-refractivity contribution in [1.29, 1.82) is 10.5 Å². The summed E-state index contributed by atoms with van der Waals surface area (Å²) in [4.78, 5) is 4.86. The first-order valence-electron chi connectivity index (χ1n) is 5.41. The number of halogens is 2. The molecule has 2 aromatic rings. The number of hydrogen-bond acceptors (Lipinski definition) is 7. The molecule has 0 bridgehead atoms. The van der Waals surface area contributed by atoms with E-state index in [1.807, 2.05) is 0 Å². The lowest BCUT2D eigenvalue weighted by Gasteiger charge is -1.97. The number of oxime groups is 1. The molecule has 104 valence electrons. The van der Waals surface area contributed by atoms with Crippen LogP contribution in [0.25, 0.3) is 10.6 Å². The van der Waals surface area contributed by atoms with E-state index < -0.39 is 0 Å². The topological polar surface area (TPSA) is 95.0 Å². The van der Waals surface area contributed by atoms with Crippen LogP contribution >= 0.6 is 34.5 Å². The van der Waals surface area contributed by atoms with Gasteiger partial charge in [0, 0.05) is 15.6 Å². The summed E-state index contributed by atoms with van der Waals surface area (Å²) < 4.78 is 0. The third-order valence-corrected chi connectivity index (χ3v) is 3.51. The maximum atomic E-state index is 8.49. The van der Waals surface area contributed by atoms with Crippen LogP contribution in [-0.4, -0.2) is 15.9 Å². The van der Waals surface area contributed by atoms with Crippen molar-refractivity contribution in [2.24, 2.45) is 5.16 Å². The Hall–Kier alpha value is -2.19. The molecule has 0 spiro atoms. The molecular formula is C12H5Cl2N5OS.